The molecular formula is C16H19ClFNOS. The van der Waals surface area contributed by atoms with Gasteiger partial charge < -0.3 is 10.1 Å². The Kier molecular flexibility index (Phi) is 5.62. The second kappa shape index (κ2) is 7.25. The lowest BCUT2D eigenvalue weighted by molar-refractivity contribution is 0.386. The standard InChI is InChI=1S/C16H19ClFNOS/c1-4-19-13(16-15(17)10(2)9-21-16)8-11-5-6-14(20-3)12(18)7-11/h5-7,9,13,19H,4,8H2,1-3H3. The summed E-state index contributed by atoms with van der Waals surface area (Å²) in [6.45, 7) is 4.88. The largest absolute Gasteiger partial charge is 0.494 e. The predicted molar refractivity (Wildman–Crippen MR) is 87.1 cm³/mol. The number of likely N-dealkylation sites (N-methyl/N-ethyl adjacent to an activating group) is 1. The van der Waals surface area contributed by atoms with Crippen molar-refractivity contribution in [2.24, 2.45) is 0 Å². The highest BCUT2D eigenvalue weighted by molar-refractivity contribution is 7.10. The van der Waals surface area contributed by atoms with Crippen LogP contribution in [-0.2, 0) is 6.42 Å². The SMILES string of the molecule is CCNC(Cc1ccc(OC)c(F)c1)c1scc(C)c1Cl. The van der Waals surface area contributed by atoms with Crippen molar-refractivity contribution in [3.63, 3.8) is 0 Å². The van der Waals surface area contributed by atoms with Crippen LogP contribution in [0, 0.1) is 12.7 Å². The summed E-state index contributed by atoms with van der Waals surface area (Å²) in [5.74, 6) is -0.0672. The van der Waals surface area contributed by atoms with Crippen LogP contribution in [0.5, 0.6) is 5.75 Å². The Morgan fingerprint density at radius 1 is 1.43 bits per heavy atom. The predicted octanol–water partition coefficient (Wildman–Crippen LogP) is 4.75. The van der Waals surface area contributed by atoms with Crippen molar-refractivity contribution in [1.82, 2.24) is 5.32 Å². The van der Waals surface area contributed by atoms with E-state index in [9.17, 15) is 4.39 Å². The maximum atomic E-state index is 13.8. The summed E-state index contributed by atoms with van der Waals surface area (Å²) >= 11 is 8.00. The van der Waals surface area contributed by atoms with Gasteiger partial charge in [0.1, 0.15) is 0 Å². The molecule has 2 nitrogen and oxygen atoms in total. The molecule has 0 aliphatic carbocycles. The van der Waals surface area contributed by atoms with Gasteiger partial charge in [0.25, 0.3) is 0 Å². The molecule has 114 valence electrons. The number of rotatable bonds is 6. The number of hydrogen-bond donors (Lipinski definition) is 1. The Morgan fingerprint density at radius 2 is 2.19 bits per heavy atom. The molecule has 0 saturated heterocycles. The van der Waals surface area contributed by atoms with Crippen LogP contribution in [0.3, 0.4) is 0 Å². The van der Waals surface area contributed by atoms with Crippen LogP contribution in [0.15, 0.2) is 23.6 Å². The molecule has 0 saturated carbocycles. The van der Waals surface area contributed by atoms with E-state index in [0.717, 1.165) is 27.6 Å². The summed E-state index contributed by atoms with van der Waals surface area (Å²) in [4.78, 5) is 1.10. The first kappa shape index (κ1) is 16.3. The van der Waals surface area contributed by atoms with Gasteiger partial charge in [0.15, 0.2) is 11.6 Å². The number of halogens is 2. The summed E-state index contributed by atoms with van der Waals surface area (Å²) in [7, 11) is 1.47. The van der Waals surface area contributed by atoms with Gasteiger partial charge in [0.2, 0.25) is 0 Å². The summed E-state index contributed by atoms with van der Waals surface area (Å²) in [6.07, 6.45) is 0.689. The average molecular weight is 328 g/mol. The molecule has 1 unspecified atom stereocenters. The van der Waals surface area contributed by atoms with Crippen LogP contribution in [0.4, 0.5) is 4.39 Å². The number of aryl methyl sites for hydroxylation is 1. The number of nitrogens with one attached hydrogen (secondary N) is 1. The lowest BCUT2D eigenvalue weighted by Gasteiger charge is -2.18. The van der Waals surface area contributed by atoms with Gasteiger partial charge >= 0.3 is 0 Å². The van der Waals surface area contributed by atoms with Crippen molar-refractivity contribution in [1.29, 1.82) is 0 Å². The number of methoxy groups -OCH3 is 1. The Bertz CT molecular complexity index is 614. The molecular weight excluding hydrogens is 309 g/mol. The fraction of sp³-hybridized carbons (Fsp3) is 0.375. The van der Waals surface area contributed by atoms with Crippen LogP contribution in [0.1, 0.15) is 29.0 Å². The summed E-state index contributed by atoms with van der Waals surface area (Å²) < 4.78 is 18.8. The smallest absolute Gasteiger partial charge is 0.165 e. The van der Waals surface area contributed by atoms with E-state index in [-0.39, 0.29) is 17.6 Å². The summed E-state index contributed by atoms with van der Waals surface area (Å²) in [5.41, 5.74) is 2.00. The Morgan fingerprint density at radius 3 is 2.71 bits per heavy atom. The number of hydrogen-bond acceptors (Lipinski definition) is 3. The fourth-order valence-electron chi connectivity index (χ4n) is 2.26. The third-order valence-corrected chi connectivity index (χ3v) is 5.18. The monoisotopic (exact) mass is 327 g/mol. The molecule has 0 amide bonds. The topological polar surface area (TPSA) is 21.3 Å². The normalized spacial score (nSPS) is 12.4. The van der Waals surface area contributed by atoms with Crippen molar-refractivity contribution in [3.05, 3.63) is 50.4 Å². The van der Waals surface area contributed by atoms with E-state index in [1.165, 1.54) is 13.2 Å². The molecule has 0 radical (unpaired) electrons. The lowest BCUT2D eigenvalue weighted by atomic mass is 10.0. The third kappa shape index (κ3) is 3.76. The number of benzene rings is 1. The zero-order valence-corrected chi connectivity index (χ0v) is 13.9. The van der Waals surface area contributed by atoms with Crippen molar-refractivity contribution in [2.75, 3.05) is 13.7 Å². The Balaban J connectivity index is 2.24. The molecule has 1 aromatic carbocycles. The van der Waals surface area contributed by atoms with E-state index in [2.05, 4.69) is 17.6 Å². The highest BCUT2D eigenvalue weighted by Gasteiger charge is 2.18. The van der Waals surface area contributed by atoms with Crippen LogP contribution in [-0.4, -0.2) is 13.7 Å². The van der Waals surface area contributed by atoms with Gasteiger partial charge in [-0.25, -0.2) is 4.39 Å². The highest BCUT2D eigenvalue weighted by Crippen LogP contribution is 2.34. The zero-order valence-electron chi connectivity index (χ0n) is 12.4. The summed E-state index contributed by atoms with van der Waals surface area (Å²) in [5, 5.41) is 6.28. The van der Waals surface area contributed by atoms with Gasteiger partial charge in [0, 0.05) is 10.9 Å². The molecule has 0 fully saturated rings. The summed E-state index contributed by atoms with van der Waals surface area (Å²) in [6, 6.07) is 5.17. The first-order valence-electron chi connectivity index (χ1n) is 6.86. The van der Waals surface area contributed by atoms with E-state index in [1.807, 2.05) is 13.0 Å². The van der Waals surface area contributed by atoms with E-state index in [4.69, 9.17) is 16.3 Å². The van der Waals surface area contributed by atoms with Gasteiger partial charge in [0.05, 0.1) is 12.1 Å². The van der Waals surface area contributed by atoms with Gasteiger partial charge in [-0.15, -0.1) is 11.3 Å². The van der Waals surface area contributed by atoms with Gasteiger partial charge in [-0.3, -0.25) is 0 Å². The minimum atomic E-state index is -0.335. The minimum Gasteiger partial charge on any atom is -0.494 e. The molecule has 5 heteroatoms. The molecule has 1 aromatic heterocycles. The fourth-order valence-corrected chi connectivity index (χ4v) is 3.66. The molecule has 0 aliphatic heterocycles. The first-order valence-corrected chi connectivity index (χ1v) is 8.11. The molecule has 0 bridgehead atoms. The van der Waals surface area contributed by atoms with Crippen molar-refractivity contribution in [3.8, 4) is 5.75 Å². The zero-order chi connectivity index (χ0) is 15.4. The second-order valence-electron chi connectivity index (χ2n) is 4.88. The van der Waals surface area contributed by atoms with Crippen LogP contribution >= 0.6 is 22.9 Å². The van der Waals surface area contributed by atoms with E-state index in [1.54, 1.807) is 17.4 Å². The maximum absolute atomic E-state index is 13.8. The third-order valence-electron chi connectivity index (χ3n) is 3.35. The average Bonchev–Trinajstić information content (AvgIpc) is 2.79. The van der Waals surface area contributed by atoms with E-state index < -0.39 is 0 Å². The number of ether oxygens (including phenoxy) is 1. The second-order valence-corrected chi connectivity index (χ2v) is 6.17. The molecule has 21 heavy (non-hydrogen) atoms. The highest BCUT2D eigenvalue weighted by atomic mass is 35.5. The van der Waals surface area contributed by atoms with Crippen molar-refractivity contribution < 1.29 is 9.13 Å². The number of thiophene rings is 1. The molecule has 1 N–H and O–H groups in total. The van der Waals surface area contributed by atoms with E-state index in [0.29, 0.717) is 6.42 Å². The van der Waals surface area contributed by atoms with Crippen molar-refractivity contribution >= 4 is 22.9 Å². The van der Waals surface area contributed by atoms with Gasteiger partial charge in [-0.1, -0.05) is 24.6 Å². The molecule has 1 atom stereocenters. The van der Waals surface area contributed by atoms with Crippen LogP contribution in [0.25, 0.3) is 0 Å². The Hall–Kier alpha value is -1.10. The van der Waals surface area contributed by atoms with Crippen molar-refractivity contribution in [2.45, 2.75) is 26.3 Å². The van der Waals surface area contributed by atoms with Gasteiger partial charge in [-0.05, 0) is 48.5 Å². The molecule has 2 rings (SSSR count). The first-order chi connectivity index (χ1) is 10.1. The minimum absolute atomic E-state index is 0.0917. The lowest BCUT2D eigenvalue weighted by Crippen LogP contribution is -2.22. The Labute approximate surface area is 133 Å². The van der Waals surface area contributed by atoms with Crippen LogP contribution in [0.2, 0.25) is 5.02 Å². The molecule has 2 aromatic rings. The maximum Gasteiger partial charge on any atom is 0.165 e. The van der Waals surface area contributed by atoms with Gasteiger partial charge in [-0.2, -0.15) is 0 Å². The molecule has 0 spiro atoms. The molecule has 1 heterocycles. The van der Waals surface area contributed by atoms with E-state index >= 15 is 0 Å². The quantitative estimate of drug-likeness (QED) is 0.826. The van der Waals surface area contributed by atoms with Crippen LogP contribution < -0.4 is 10.1 Å². The molecule has 0 aliphatic rings.